The Bertz CT molecular complexity index is 381. The minimum Gasteiger partial charge on any atom is -0.330 e. The third-order valence-corrected chi connectivity index (χ3v) is 4.11. The molecule has 1 aromatic heterocycles. The highest BCUT2D eigenvalue weighted by molar-refractivity contribution is 5.13. The van der Waals surface area contributed by atoms with Crippen molar-refractivity contribution in [2.75, 3.05) is 6.54 Å². The van der Waals surface area contributed by atoms with E-state index in [0.717, 1.165) is 29.6 Å². The lowest BCUT2D eigenvalue weighted by atomic mass is 9.80. The molecule has 0 atom stereocenters. The molecule has 3 heteroatoms. The number of nitrogens with zero attached hydrogens (tertiary/aromatic N) is 2. The van der Waals surface area contributed by atoms with Gasteiger partial charge in [0.2, 0.25) is 0 Å². The van der Waals surface area contributed by atoms with Gasteiger partial charge in [0.25, 0.3) is 0 Å². The summed E-state index contributed by atoms with van der Waals surface area (Å²) in [5, 5.41) is 0. The van der Waals surface area contributed by atoms with Gasteiger partial charge >= 0.3 is 0 Å². The molecule has 0 saturated heterocycles. The Morgan fingerprint density at radius 3 is 2.56 bits per heavy atom. The van der Waals surface area contributed by atoms with Gasteiger partial charge < -0.3 is 5.73 Å². The SMILES string of the molecule is CCC1CCC(c2nc(C)cc(CCN)n2)CC1. The monoisotopic (exact) mass is 247 g/mol. The molecule has 0 aromatic carbocycles. The quantitative estimate of drug-likeness (QED) is 0.890. The number of hydrogen-bond acceptors (Lipinski definition) is 3. The van der Waals surface area contributed by atoms with Crippen molar-refractivity contribution in [3.05, 3.63) is 23.3 Å². The van der Waals surface area contributed by atoms with E-state index in [2.05, 4.69) is 24.9 Å². The zero-order valence-corrected chi connectivity index (χ0v) is 11.7. The van der Waals surface area contributed by atoms with Gasteiger partial charge in [-0.05, 0) is 51.1 Å². The summed E-state index contributed by atoms with van der Waals surface area (Å²) >= 11 is 0. The molecule has 3 nitrogen and oxygen atoms in total. The summed E-state index contributed by atoms with van der Waals surface area (Å²) < 4.78 is 0. The highest BCUT2D eigenvalue weighted by Gasteiger charge is 2.23. The number of rotatable bonds is 4. The number of nitrogens with two attached hydrogens (primary N) is 1. The fourth-order valence-electron chi connectivity index (χ4n) is 2.95. The van der Waals surface area contributed by atoms with E-state index >= 15 is 0 Å². The zero-order valence-electron chi connectivity index (χ0n) is 11.7. The first kappa shape index (κ1) is 13.5. The van der Waals surface area contributed by atoms with Crippen LogP contribution in [-0.4, -0.2) is 16.5 Å². The highest BCUT2D eigenvalue weighted by Crippen LogP contribution is 2.35. The number of aromatic nitrogens is 2. The van der Waals surface area contributed by atoms with Crippen molar-refractivity contribution in [2.45, 2.75) is 58.3 Å². The normalized spacial score (nSPS) is 24.2. The summed E-state index contributed by atoms with van der Waals surface area (Å²) in [5.74, 6) is 2.56. The van der Waals surface area contributed by atoms with E-state index in [4.69, 9.17) is 10.7 Å². The van der Waals surface area contributed by atoms with Crippen molar-refractivity contribution in [3.63, 3.8) is 0 Å². The topological polar surface area (TPSA) is 51.8 Å². The fourth-order valence-corrected chi connectivity index (χ4v) is 2.95. The van der Waals surface area contributed by atoms with Crippen LogP contribution in [0.4, 0.5) is 0 Å². The molecule has 0 spiro atoms. The first-order valence-electron chi connectivity index (χ1n) is 7.27. The molecule has 0 radical (unpaired) electrons. The molecule has 0 unspecified atom stereocenters. The molecule has 1 saturated carbocycles. The van der Waals surface area contributed by atoms with Gasteiger partial charge in [-0.25, -0.2) is 9.97 Å². The van der Waals surface area contributed by atoms with Crippen LogP contribution in [-0.2, 0) is 6.42 Å². The van der Waals surface area contributed by atoms with Gasteiger partial charge in [-0.1, -0.05) is 13.3 Å². The van der Waals surface area contributed by atoms with Crippen LogP contribution in [0.1, 0.15) is 62.2 Å². The first-order chi connectivity index (χ1) is 8.72. The van der Waals surface area contributed by atoms with Crippen molar-refractivity contribution in [2.24, 2.45) is 11.7 Å². The molecule has 1 aliphatic rings. The largest absolute Gasteiger partial charge is 0.330 e. The molecule has 100 valence electrons. The number of aryl methyl sites for hydroxylation is 1. The van der Waals surface area contributed by atoms with E-state index in [1.807, 2.05) is 0 Å². The molecular formula is C15H25N3. The van der Waals surface area contributed by atoms with E-state index in [9.17, 15) is 0 Å². The molecular weight excluding hydrogens is 222 g/mol. The Kier molecular flexibility index (Phi) is 4.70. The van der Waals surface area contributed by atoms with E-state index in [1.54, 1.807) is 0 Å². The molecule has 1 aliphatic carbocycles. The standard InChI is InChI=1S/C15H25N3/c1-3-12-4-6-13(7-5-12)15-17-11(2)10-14(18-15)8-9-16/h10,12-13H,3-9,16H2,1-2H3. The van der Waals surface area contributed by atoms with Crippen molar-refractivity contribution in [1.82, 2.24) is 9.97 Å². The summed E-state index contributed by atoms with van der Waals surface area (Å²) in [4.78, 5) is 9.35. The third kappa shape index (κ3) is 3.29. The lowest BCUT2D eigenvalue weighted by Crippen LogP contribution is -2.16. The molecule has 0 amide bonds. The van der Waals surface area contributed by atoms with Crippen LogP contribution in [0.3, 0.4) is 0 Å². The van der Waals surface area contributed by atoms with Crippen molar-refractivity contribution in [3.8, 4) is 0 Å². The van der Waals surface area contributed by atoms with Crippen LogP contribution in [0, 0.1) is 12.8 Å². The van der Waals surface area contributed by atoms with Gasteiger partial charge in [0.05, 0.1) is 0 Å². The van der Waals surface area contributed by atoms with Crippen LogP contribution in [0.25, 0.3) is 0 Å². The Hall–Kier alpha value is -0.960. The maximum absolute atomic E-state index is 5.61. The average molecular weight is 247 g/mol. The molecule has 2 rings (SSSR count). The Balaban J connectivity index is 2.08. The number of hydrogen-bond donors (Lipinski definition) is 1. The second-order valence-corrected chi connectivity index (χ2v) is 5.52. The van der Waals surface area contributed by atoms with Gasteiger partial charge in [0.15, 0.2) is 0 Å². The van der Waals surface area contributed by atoms with Crippen LogP contribution >= 0.6 is 0 Å². The molecule has 18 heavy (non-hydrogen) atoms. The van der Waals surface area contributed by atoms with Crippen LogP contribution < -0.4 is 5.73 Å². The third-order valence-electron chi connectivity index (χ3n) is 4.11. The molecule has 1 aromatic rings. The summed E-state index contributed by atoms with van der Waals surface area (Å²) in [7, 11) is 0. The van der Waals surface area contributed by atoms with Crippen molar-refractivity contribution in [1.29, 1.82) is 0 Å². The van der Waals surface area contributed by atoms with E-state index in [1.165, 1.54) is 32.1 Å². The predicted molar refractivity (Wildman–Crippen MR) is 74.5 cm³/mol. The summed E-state index contributed by atoms with van der Waals surface area (Å²) in [6.07, 6.45) is 7.36. The van der Waals surface area contributed by atoms with Gasteiger partial charge in [-0.2, -0.15) is 0 Å². The van der Waals surface area contributed by atoms with E-state index in [-0.39, 0.29) is 0 Å². The Morgan fingerprint density at radius 1 is 1.22 bits per heavy atom. The van der Waals surface area contributed by atoms with Gasteiger partial charge in [0, 0.05) is 23.7 Å². The zero-order chi connectivity index (χ0) is 13.0. The second kappa shape index (κ2) is 6.28. The molecule has 0 bridgehead atoms. The van der Waals surface area contributed by atoms with Crippen LogP contribution in [0.5, 0.6) is 0 Å². The molecule has 0 aliphatic heterocycles. The Morgan fingerprint density at radius 2 is 1.94 bits per heavy atom. The summed E-state index contributed by atoms with van der Waals surface area (Å²) in [6, 6.07) is 2.06. The van der Waals surface area contributed by atoms with Crippen LogP contribution in [0.15, 0.2) is 6.07 Å². The molecule has 2 N–H and O–H groups in total. The Labute approximate surface area is 110 Å². The predicted octanol–water partition coefficient (Wildman–Crippen LogP) is 2.97. The summed E-state index contributed by atoms with van der Waals surface area (Å²) in [5.41, 5.74) is 7.81. The van der Waals surface area contributed by atoms with Gasteiger partial charge in [-0.15, -0.1) is 0 Å². The molecule has 1 heterocycles. The fraction of sp³-hybridized carbons (Fsp3) is 0.733. The van der Waals surface area contributed by atoms with Crippen molar-refractivity contribution < 1.29 is 0 Å². The summed E-state index contributed by atoms with van der Waals surface area (Å²) in [6.45, 7) is 5.02. The minimum absolute atomic E-state index is 0.573. The van der Waals surface area contributed by atoms with Crippen LogP contribution in [0.2, 0.25) is 0 Å². The maximum atomic E-state index is 5.61. The highest BCUT2D eigenvalue weighted by atomic mass is 14.9. The first-order valence-corrected chi connectivity index (χ1v) is 7.27. The second-order valence-electron chi connectivity index (χ2n) is 5.52. The van der Waals surface area contributed by atoms with E-state index < -0.39 is 0 Å². The molecule has 1 fully saturated rings. The minimum atomic E-state index is 0.573. The maximum Gasteiger partial charge on any atom is 0.131 e. The smallest absolute Gasteiger partial charge is 0.131 e. The lowest BCUT2D eigenvalue weighted by Gasteiger charge is -2.27. The van der Waals surface area contributed by atoms with E-state index in [0.29, 0.717) is 12.5 Å². The van der Waals surface area contributed by atoms with Gasteiger partial charge in [0.1, 0.15) is 5.82 Å². The van der Waals surface area contributed by atoms with Crippen molar-refractivity contribution >= 4 is 0 Å². The average Bonchev–Trinajstić information content (AvgIpc) is 2.38. The van der Waals surface area contributed by atoms with Gasteiger partial charge in [-0.3, -0.25) is 0 Å². The lowest BCUT2D eigenvalue weighted by molar-refractivity contribution is 0.311.